The summed E-state index contributed by atoms with van der Waals surface area (Å²) in [6.07, 6.45) is 0.796. The molecule has 0 aliphatic carbocycles. The summed E-state index contributed by atoms with van der Waals surface area (Å²) in [5.74, 6) is -4.90. The topological polar surface area (TPSA) is 75.3 Å². The first kappa shape index (κ1) is 29.3. The van der Waals surface area contributed by atoms with Gasteiger partial charge in [0.15, 0.2) is 17.5 Å². The summed E-state index contributed by atoms with van der Waals surface area (Å²) < 4.78 is 39.6. The van der Waals surface area contributed by atoms with Crippen LogP contribution >= 0.6 is 23.4 Å². The molecule has 0 aliphatic heterocycles. The molecule has 0 fully saturated rings. The highest BCUT2D eigenvalue weighted by Crippen LogP contribution is 2.35. The zero-order valence-electron chi connectivity index (χ0n) is 18.3. The summed E-state index contributed by atoms with van der Waals surface area (Å²) >= 11 is 7.63. The minimum Gasteiger partial charge on any atom is -0.396 e. The van der Waals surface area contributed by atoms with Crippen molar-refractivity contribution in [3.8, 4) is 0 Å². The Morgan fingerprint density at radius 3 is 2.19 bits per heavy atom. The largest absolute Gasteiger partial charge is 0.396 e. The SMILES string of the molecule is CC.CCC(CO)C(C)Sc1cc(C(=O)Nc2cc(F)c(F)c(F)c2)ccc1Cl.CN. The second-order valence-corrected chi connectivity index (χ2v) is 7.85. The van der Waals surface area contributed by atoms with Crippen LogP contribution in [0.4, 0.5) is 18.9 Å². The Morgan fingerprint density at radius 1 is 1.16 bits per heavy atom. The number of benzene rings is 2. The van der Waals surface area contributed by atoms with Crippen LogP contribution in [0, 0.1) is 23.4 Å². The van der Waals surface area contributed by atoms with E-state index in [9.17, 15) is 23.1 Å². The van der Waals surface area contributed by atoms with Gasteiger partial charge in [-0.05, 0) is 31.2 Å². The second-order valence-electron chi connectivity index (χ2n) is 6.03. The number of rotatable bonds is 7. The van der Waals surface area contributed by atoms with E-state index < -0.39 is 23.4 Å². The second kappa shape index (κ2) is 15.1. The van der Waals surface area contributed by atoms with Crippen LogP contribution in [0.2, 0.25) is 5.02 Å². The summed E-state index contributed by atoms with van der Waals surface area (Å²) in [5.41, 5.74) is 4.54. The Balaban J connectivity index is 0.00000212. The molecule has 2 unspecified atom stereocenters. The first-order valence-electron chi connectivity index (χ1n) is 9.87. The average molecular weight is 479 g/mol. The van der Waals surface area contributed by atoms with Gasteiger partial charge in [-0.1, -0.05) is 45.7 Å². The maximum atomic E-state index is 13.3. The molecule has 2 aromatic rings. The van der Waals surface area contributed by atoms with Gasteiger partial charge >= 0.3 is 0 Å². The number of aliphatic hydroxyl groups excluding tert-OH is 1. The van der Waals surface area contributed by atoms with Crippen LogP contribution in [0.25, 0.3) is 0 Å². The number of thioether (sulfide) groups is 1. The van der Waals surface area contributed by atoms with Gasteiger partial charge in [-0.15, -0.1) is 11.8 Å². The molecular weight excluding hydrogens is 449 g/mol. The van der Waals surface area contributed by atoms with Crippen molar-refractivity contribution >= 4 is 35.0 Å². The van der Waals surface area contributed by atoms with Gasteiger partial charge in [-0.25, -0.2) is 13.2 Å². The fraction of sp³-hybridized carbons (Fsp3) is 0.409. The molecule has 0 spiro atoms. The number of nitrogens with two attached hydrogens (primary N) is 1. The summed E-state index contributed by atoms with van der Waals surface area (Å²) in [4.78, 5) is 13.0. The minimum absolute atomic E-state index is 0.0458. The average Bonchev–Trinajstić information content (AvgIpc) is 2.77. The number of hydrogen-bond donors (Lipinski definition) is 3. The molecule has 2 aromatic carbocycles. The molecule has 0 radical (unpaired) electrons. The summed E-state index contributed by atoms with van der Waals surface area (Å²) in [7, 11) is 1.50. The van der Waals surface area contributed by atoms with Crippen molar-refractivity contribution in [2.45, 2.75) is 44.3 Å². The third-order valence-corrected chi connectivity index (χ3v) is 5.96. The number of carbonyl (C=O) groups excluding carboxylic acids is 1. The first-order chi connectivity index (χ1) is 14.8. The third kappa shape index (κ3) is 8.73. The Kier molecular flexibility index (Phi) is 14.3. The lowest BCUT2D eigenvalue weighted by Crippen LogP contribution is -2.17. The standard InChI is InChI=1S/C19H19ClF3NO2S.C2H6.CH5N/c1-3-11(9-25)10(2)27-17-6-12(4-5-14(17)20)19(26)24-13-7-15(21)18(23)16(22)8-13;2*1-2/h4-8,10-11,25H,3,9H2,1-2H3,(H,24,26);1-2H3;2H2,1H3. The van der Waals surface area contributed by atoms with Crippen LogP contribution in [0.1, 0.15) is 44.5 Å². The highest BCUT2D eigenvalue weighted by Gasteiger charge is 2.19. The van der Waals surface area contributed by atoms with Crippen LogP contribution in [0.15, 0.2) is 35.2 Å². The van der Waals surface area contributed by atoms with E-state index in [1.807, 2.05) is 27.7 Å². The van der Waals surface area contributed by atoms with Crippen LogP contribution in [0.3, 0.4) is 0 Å². The van der Waals surface area contributed by atoms with Gasteiger partial charge in [0.05, 0.1) is 5.02 Å². The van der Waals surface area contributed by atoms with Crippen LogP contribution in [-0.4, -0.2) is 29.9 Å². The summed E-state index contributed by atoms with van der Waals surface area (Å²) in [6, 6.07) is 6.01. The normalized spacial score (nSPS) is 12.0. The van der Waals surface area contributed by atoms with E-state index in [-0.39, 0.29) is 29.0 Å². The van der Waals surface area contributed by atoms with Gasteiger partial charge in [-0.3, -0.25) is 4.79 Å². The highest BCUT2D eigenvalue weighted by atomic mass is 35.5. The predicted octanol–water partition coefficient (Wildman–Crippen LogP) is 6.11. The van der Waals surface area contributed by atoms with E-state index in [0.29, 0.717) is 22.1 Å². The maximum absolute atomic E-state index is 13.3. The Morgan fingerprint density at radius 2 is 1.71 bits per heavy atom. The zero-order chi connectivity index (χ0) is 24.1. The molecule has 0 bridgehead atoms. The fourth-order valence-electron chi connectivity index (χ4n) is 2.47. The van der Waals surface area contributed by atoms with Gasteiger partial charge in [0, 0.05) is 40.1 Å². The number of aliphatic hydroxyl groups is 1. The van der Waals surface area contributed by atoms with Crippen LogP contribution in [-0.2, 0) is 0 Å². The molecule has 4 nitrogen and oxygen atoms in total. The Labute approximate surface area is 191 Å². The summed E-state index contributed by atoms with van der Waals surface area (Å²) in [6.45, 7) is 7.98. The molecule has 31 heavy (non-hydrogen) atoms. The van der Waals surface area contributed by atoms with Crippen molar-refractivity contribution in [2.75, 3.05) is 19.0 Å². The van der Waals surface area contributed by atoms with Crippen molar-refractivity contribution < 1.29 is 23.1 Å². The van der Waals surface area contributed by atoms with Crippen LogP contribution < -0.4 is 11.1 Å². The van der Waals surface area contributed by atoms with E-state index >= 15 is 0 Å². The lowest BCUT2D eigenvalue weighted by molar-refractivity contribution is 0.102. The zero-order valence-corrected chi connectivity index (χ0v) is 19.9. The van der Waals surface area contributed by atoms with Crippen molar-refractivity contribution in [1.29, 1.82) is 0 Å². The van der Waals surface area contributed by atoms with E-state index in [1.54, 1.807) is 12.1 Å². The van der Waals surface area contributed by atoms with E-state index in [4.69, 9.17) is 11.6 Å². The van der Waals surface area contributed by atoms with Crippen LogP contribution in [0.5, 0.6) is 0 Å². The van der Waals surface area contributed by atoms with E-state index in [0.717, 1.165) is 6.42 Å². The molecule has 0 aliphatic rings. The lowest BCUT2D eigenvalue weighted by Gasteiger charge is -2.20. The molecule has 1 amide bonds. The van der Waals surface area contributed by atoms with Gasteiger partial charge in [0.25, 0.3) is 5.91 Å². The van der Waals surface area contributed by atoms with Gasteiger partial charge < -0.3 is 16.2 Å². The molecular formula is C22H30ClF3N2O2S. The number of halogens is 4. The molecule has 2 atom stereocenters. The Hall–Kier alpha value is -1.74. The predicted molar refractivity (Wildman–Crippen MR) is 123 cm³/mol. The van der Waals surface area contributed by atoms with Gasteiger partial charge in [-0.2, -0.15) is 0 Å². The Bertz CT molecular complexity index is 813. The minimum atomic E-state index is -1.60. The molecule has 9 heteroatoms. The quantitative estimate of drug-likeness (QED) is 0.331. The van der Waals surface area contributed by atoms with Gasteiger partial charge in [0.2, 0.25) is 0 Å². The molecule has 0 saturated carbocycles. The van der Waals surface area contributed by atoms with E-state index in [2.05, 4.69) is 11.1 Å². The van der Waals surface area contributed by atoms with Crippen molar-refractivity contribution in [3.63, 3.8) is 0 Å². The van der Waals surface area contributed by atoms with Crippen molar-refractivity contribution in [2.24, 2.45) is 11.7 Å². The molecule has 0 saturated heterocycles. The monoisotopic (exact) mass is 478 g/mol. The molecule has 0 heterocycles. The third-order valence-electron chi connectivity index (χ3n) is 4.17. The highest BCUT2D eigenvalue weighted by molar-refractivity contribution is 8.00. The number of amides is 1. The molecule has 174 valence electrons. The smallest absolute Gasteiger partial charge is 0.255 e. The fourth-order valence-corrected chi connectivity index (χ4v) is 3.97. The first-order valence-corrected chi connectivity index (χ1v) is 11.1. The lowest BCUT2D eigenvalue weighted by atomic mass is 10.1. The van der Waals surface area contributed by atoms with E-state index in [1.165, 1.54) is 24.9 Å². The number of anilines is 1. The van der Waals surface area contributed by atoms with Crippen molar-refractivity contribution in [3.05, 3.63) is 58.4 Å². The summed E-state index contributed by atoms with van der Waals surface area (Å²) in [5, 5.41) is 12.3. The number of hydrogen-bond acceptors (Lipinski definition) is 4. The number of carbonyl (C=O) groups is 1. The molecule has 0 aromatic heterocycles. The van der Waals surface area contributed by atoms with Crippen molar-refractivity contribution in [1.82, 2.24) is 0 Å². The maximum Gasteiger partial charge on any atom is 0.255 e. The van der Waals surface area contributed by atoms with Gasteiger partial charge in [0.1, 0.15) is 0 Å². The number of nitrogens with one attached hydrogen (secondary N) is 1. The molecule has 4 N–H and O–H groups in total. The molecule has 2 rings (SSSR count).